The van der Waals surface area contributed by atoms with Gasteiger partial charge >= 0.3 is 0 Å². The first-order valence-corrected chi connectivity index (χ1v) is 6.49. The highest BCUT2D eigenvalue weighted by atomic mass is 15.2. The summed E-state index contributed by atoms with van der Waals surface area (Å²) in [4.78, 5) is 2.77. The standard InChI is InChI=1S/C13H25N/c1-4-11-8-9-14(10(2)3)13-7-5-6-12(11)13/h10-13H,4-9H2,1-3H3. The zero-order valence-corrected chi connectivity index (χ0v) is 10.00. The lowest BCUT2D eigenvalue weighted by molar-refractivity contribution is 0.0424. The van der Waals surface area contributed by atoms with Crippen LogP contribution >= 0.6 is 0 Å². The van der Waals surface area contributed by atoms with Crippen molar-refractivity contribution in [2.24, 2.45) is 11.8 Å². The van der Waals surface area contributed by atoms with E-state index in [1.165, 1.54) is 38.6 Å². The summed E-state index contributed by atoms with van der Waals surface area (Å²) >= 11 is 0. The Labute approximate surface area is 88.9 Å². The molecule has 1 heteroatoms. The number of likely N-dealkylation sites (tertiary alicyclic amines) is 1. The molecule has 1 saturated heterocycles. The van der Waals surface area contributed by atoms with Crippen LogP contribution in [0.15, 0.2) is 0 Å². The Kier molecular flexibility index (Phi) is 3.16. The summed E-state index contributed by atoms with van der Waals surface area (Å²) in [6, 6.07) is 1.70. The van der Waals surface area contributed by atoms with E-state index in [0.717, 1.165) is 23.9 Å². The molecule has 2 rings (SSSR count). The second-order valence-electron chi connectivity index (χ2n) is 5.45. The molecule has 0 N–H and O–H groups in total. The van der Waals surface area contributed by atoms with Gasteiger partial charge in [-0.15, -0.1) is 0 Å². The molecule has 3 unspecified atom stereocenters. The molecule has 3 atom stereocenters. The number of hydrogen-bond acceptors (Lipinski definition) is 1. The summed E-state index contributed by atoms with van der Waals surface area (Å²) in [5.41, 5.74) is 0. The van der Waals surface area contributed by atoms with Crippen molar-refractivity contribution < 1.29 is 0 Å². The van der Waals surface area contributed by atoms with Crippen LogP contribution in [0, 0.1) is 11.8 Å². The molecule has 0 amide bonds. The van der Waals surface area contributed by atoms with Gasteiger partial charge in [0.25, 0.3) is 0 Å². The molecule has 1 heterocycles. The van der Waals surface area contributed by atoms with E-state index in [0.29, 0.717) is 0 Å². The molecule has 82 valence electrons. The molecule has 0 spiro atoms. The van der Waals surface area contributed by atoms with Crippen LogP contribution in [-0.2, 0) is 0 Å². The molecular weight excluding hydrogens is 170 g/mol. The van der Waals surface area contributed by atoms with Crippen LogP contribution < -0.4 is 0 Å². The molecule has 1 nitrogen and oxygen atoms in total. The fraction of sp³-hybridized carbons (Fsp3) is 1.00. The van der Waals surface area contributed by atoms with E-state index in [1.807, 2.05) is 0 Å². The first-order chi connectivity index (χ1) is 6.74. The van der Waals surface area contributed by atoms with Crippen molar-refractivity contribution in [1.82, 2.24) is 4.90 Å². The molecule has 0 bridgehead atoms. The van der Waals surface area contributed by atoms with Gasteiger partial charge in [0.1, 0.15) is 0 Å². The molecule has 14 heavy (non-hydrogen) atoms. The van der Waals surface area contributed by atoms with Crippen LogP contribution in [0.5, 0.6) is 0 Å². The average Bonchev–Trinajstić information content (AvgIpc) is 2.64. The van der Waals surface area contributed by atoms with E-state index in [-0.39, 0.29) is 0 Å². The Balaban J connectivity index is 2.07. The number of hydrogen-bond donors (Lipinski definition) is 0. The highest BCUT2D eigenvalue weighted by Gasteiger charge is 2.40. The van der Waals surface area contributed by atoms with E-state index >= 15 is 0 Å². The van der Waals surface area contributed by atoms with Gasteiger partial charge in [-0.2, -0.15) is 0 Å². The summed E-state index contributed by atoms with van der Waals surface area (Å²) in [6.45, 7) is 8.46. The van der Waals surface area contributed by atoms with Gasteiger partial charge < -0.3 is 0 Å². The number of rotatable bonds is 2. The first kappa shape index (κ1) is 10.5. The predicted molar refractivity (Wildman–Crippen MR) is 61.4 cm³/mol. The van der Waals surface area contributed by atoms with Gasteiger partial charge in [0, 0.05) is 12.1 Å². The molecule has 0 radical (unpaired) electrons. The zero-order chi connectivity index (χ0) is 10.1. The number of fused-ring (bicyclic) bond motifs is 1. The topological polar surface area (TPSA) is 3.24 Å². The SMILES string of the molecule is CCC1CCN(C(C)C)C2CCCC12. The van der Waals surface area contributed by atoms with Gasteiger partial charge in [0.15, 0.2) is 0 Å². The summed E-state index contributed by atoms with van der Waals surface area (Å²) in [7, 11) is 0. The Hall–Kier alpha value is -0.0400. The van der Waals surface area contributed by atoms with Crippen LogP contribution in [0.25, 0.3) is 0 Å². The van der Waals surface area contributed by atoms with E-state index < -0.39 is 0 Å². The Morgan fingerprint density at radius 1 is 1.21 bits per heavy atom. The van der Waals surface area contributed by atoms with Crippen LogP contribution in [0.4, 0.5) is 0 Å². The lowest BCUT2D eigenvalue weighted by atomic mass is 9.79. The monoisotopic (exact) mass is 195 g/mol. The normalized spacial score (nSPS) is 39.0. The maximum absolute atomic E-state index is 2.77. The van der Waals surface area contributed by atoms with E-state index in [9.17, 15) is 0 Å². The molecule has 0 aromatic heterocycles. The van der Waals surface area contributed by atoms with Crippen LogP contribution in [0.2, 0.25) is 0 Å². The second kappa shape index (κ2) is 4.22. The van der Waals surface area contributed by atoms with Crippen molar-refractivity contribution in [3.05, 3.63) is 0 Å². The Morgan fingerprint density at radius 2 is 2.00 bits per heavy atom. The summed E-state index contributed by atoms with van der Waals surface area (Å²) in [5.74, 6) is 2.08. The highest BCUT2D eigenvalue weighted by Crippen LogP contribution is 2.42. The minimum Gasteiger partial charge on any atom is -0.298 e. The van der Waals surface area contributed by atoms with Gasteiger partial charge in [0.05, 0.1) is 0 Å². The smallest absolute Gasteiger partial charge is 0.0129 e. The Bertz CT molecular complexity index is 188. The largest absolute Gasteiger partial charge is 0.298 e. The second-order valence-corrected chi connectivity index (χ2v) is 5.45. The van der Waals surface area contributed by atoms with Crippen LogP contribution in [0.1, 0.15) is 52.9 Å². The van der Waals surface area contributed by atoms with Crippen LogP contribution in [0.3, 0.4) is 0 Å². The van der Waals surface area contributed by atoms with E-state index in [1.54, 1.807) is 0 Å². The minimum atomic E-state index is 0.762. The summed E-state index contributed by atoms with van der Waals surface area (Å²) in [6.07, 6.45) is 7.32. The molecule has 2 aliphatic rings. The number of piperidine rings is 1. The minimum absolute atomic E-state index is 0.762. The molecule has 0 aromatic carbocycles. The third-order valence-electron chi connectivity index (χ3n) is 4.51. The third kappa shape index (κ3) is 1.71. The van der Waals surface area contributed by atoms with Gasteiger partial charge in [-0.05, 0) is 51.5 Å². The van der Waals surface area contributed by atoms with Crippen molar-refractivity contribution >= 4 is 0 Å². The van der Waals surface area contributed by atoms with Gasteiger partial charge in [-0.1, -0.05) is 19.8 Å². The maximum atomic E-state index is 2.77. The van der Waals surface area contributed by atoms with Gasteiger partial charge in [0.2, 0.25) is 0 Å². The van der Waals surface area contributed by atoms with Crippen molar-refractivity contribution in [2.75, 3.05) is 6.54 Å². The summed E-state index contributed by atoms with van der Waals surface area (Å²) < 4.78 is 0. The molecule has 2 fully saturated rings. The Morgan fingerprint density at radius 3 is 2.64 bits per heavy atom. The zero-order valence-electron chi connectivity index (χ0n) is 10.00. The van der Waals surface area contributed by atoms with E-state index in [4.69, 9.17) is 0 Å². The maximum Gasteiger partial charge on any atom is 0.0129 e. The van der Waals surface area contributed by atoms with Crippen molar-refractivity contribution in [1.29, 1.82) is 0 Å². The quantitative estimate of drug-likeness (QED) is 0.653. The molecular formula is C13H25N. The van der Waals surface area contributed by atoms with Crippen molar-refractivity contribution in [3.8, 4) is 0 Å². The van der Waals surface area contributed by atoms with Crippen molar-refractivity contribution in [3.63, 3.8) is 0 Å². The van der Waals surface area contributed by atoms with Crippen LogP contribution in [-0.4, -0.2) is 23.5 Å². The third-order valence-corrected chi connectivity index (χ3v) is 4.51. The molecule has 1 aliphatic carbocycles. The van der Waals surface area contributed by atoms with Gasteiger partial charge in [-0.3, -0.25) is 4.90 Å². The molecule has 0 aromatic rings. The van der Waals surface area contributed by atoms with Crippen molar-refractivity contribution in [2.45, 2.75) is 65.0 Å². The first-order valence-electron chi connectivity index (χ1n) is 6.49. The summed E-state index contributed by atoms with van der Waals surface area (Å²) in [5, 5.41) is 0. The molecule has 1 aliphatic heterocycles. The fourth-order valence-electron chi connectivity index (χ4n) is 3.77. The highest BCUT2D eigenvalue weighted by molar-refractivity contribution is 4.94. The molecule has 1 saturated carbocycles. The predicted octanol–water partition coefficient (Wildman–Crippen LogP) is 3.30. The van der Waals surface area contributed by atoms with E-state index in [2.05, 4.69) is 25.7 Å². The fourth-order valence-corrected chi connectivity index (χ4v) is 3.77. The van der Waals surface area contributed by atoms with Gasteiger partial charge in [-0.25, -0.2) is 0 Å². The number of nitrogens with zero attached hydrogens (tertiary/aromatic N) is 1. The average molecular weight is 195 g/mol. The lowest BCUT2D eigenvalue weighted by Crippen LogP contribution is -2.49. The lowest BCUT2D eigenvalue weighted by Gasteiger charge is -2.44.